The third kappa shape index (κ3) is 2.61. The predicted molar refractivity (Wildman–Crippen MR) is 60.2 cm³/mol. The first kappa shape index (κ1) is 12.8. The van der Waals surface area contributed by atoms with Gasteiger partial charge in [0.15, 0.2) is 11.5 Å². The fourth-order valence-corrected chi connectivity index (χ4v) is 1.57. The Morgan fingerprint density at radius 2 is 2.17 bits per heavy atom. The van der Waals surface area contributed by atoms with Crippen LogP contribution in [0, 0.1) is 0 Å². The molecule has 0 aromatic carbocycles. The maximum absolute atomic E-state index is 12.5. The van der Waals surface area contributed by atoms with E-state index in [9.17, 15) is 13.2 Å². The molecule has 0 aliphatic carbocycles. The second-order valence-corrected chi connectivity index (χ2v) is 4.14. The second-order valence-electron chi connectivity index (χ2n) is 4.14. The zero-order valence-electron chi connectivity index (χ0n) is 9.99. The number of hydrogen-bond donors (Lipinski definition) is 1. The predicted octanol–water partition coefficient (Wildman–Crippen LogP) is 1.90. The van der Waals surface area contributed by atoms with Gasteiger partial charge in [0.05, 0.1) is 5.56 Å². The molecule has 0 aliphatic rings. The van der Waals surface area contributed by atoms with Crippen LogP contribution in [0.5, 0.6) is 0 Å². The summed E-state index contributed by atoms with van der Waals surface area (Å²) in [4.78, 5) is 4.09. The van der Waals surface area contributed by atoms with Crippen LogP contribution >= 0.6 is 0 Å². The fourth-order valence-electron chi connectivity index (χ4n) is 1.57. The van der Waals surface area contributed by atoms with E-state index in [4.69, 9.17) is 0 Å². The first-order chi connectivity index (χ1) is 8.40. The number of nitrogens with one attached hydrogen (secondary N) is 1. The monoisotopic (exact) mass is 258 g/mol. The molecular weight excluding hydrogens is 245 g/mol. The summed E-state index contributed by atoms with van der Waals surface area (Å²) in [5.41, 5.74) is -0.501. The van der Waals surface area contributed by atoms with Crippen molar-refractivity contribution in [2.75, 3.05) is 7.05 Å². The van der Waals surface area contributed by atoms with Crippen LogP contribution in [-0.2, 0) is 12.6 Å². The quantitative estimate of drug-likeness (QED) is 0.914. The van der Waals surface area contributed by atoms with E-state index >= 15 is 0 Å². The molecule has 0 spiro atoms. The molecule has 1 atom stereocenters. The Morgan fingerprint density at radius 1 is 1.44 bits per heavy atom. The van der Waals surface area contributed by atoms with Crippen molar-refractivity contribution in [3.63, 3.8) is 0 Å². The van der Waals surface area contributed by atoms with Crippen LogP contribution in [0.15, 0.2) is 18.3 Å². The second kappa shape index (κ2) is 4.56. The van der Waals surface area contributed by atoms with Gasteiger partial charge < -0.3 is 5.32 Å². The summed E-state index contributed by atoms with van der Waals surface area (Å²) in [7, 11) is 1.81. The smallest absolute Gasteiger partial charge is 0.317 e. The van der Waals surface area contributed by atoms with E-state index in [1.807, 2.05) is 14.0 Å². The van der Waals surface area contributed by atoms with Gasteiger partial charge in [-0.1, -0.05) is 0 Å². The molecule has 2 aromatic heterocycles. The molecule has 7 heteroatoms. The lowest BCUT2D eigenvalue weighted by Gasteiger charge is -2.05. The number of pyridine rings is 1. The van der Waals surface area contributed by atoms with Gasteiger partial charge in [-0.05, 0) is 26.1 Å². The maximum Gasteiger partial charge on any atom is 0.416 e. The van der Waals surface area contributed by atoms with Gasteiger partial charge in [-0.15, -0.1) is 0 Å². The highest BCUT2D eigenvalue weighted by Gasteiger charge is 2.30. The summed E-state index contributed by atoms with van der Waals surface area (Å²) < 4.78 is 38.9. The number of fused-ring (bicyclic) bond motifs is 1. The van der Waals surface area contributed by atoms with E-state index in [2.05, 4.69) is 15.4 Å². The number of hydrogen-bond acceptors (Lipinski definition) is 3. The van der Waals surface area contributed by atoms with Crippen molar-refractivity contribution in [2.45, 2.75) is 25.6 Å². The topological polar surface area (TPSA) is 42.2 Å². The van der Waals surface area contributed by atoms with Crippen molar-refractivity contribution in [1.82, 2.24) is 19.9 Å². The highest BCUT2D eigenvalue weighted by molar-refractivity contribution is 5.41. The Hall–Kier alpha value is -1.63. The third-order valence-electron chi connectivity index (χ3n) is 2.69. The largest absolute Gasteiger partial charge is 0.416 e. The molecule has 1 N–H and O–H groups in total. The van der Waals surface area contributed by atoms with E-state index in [0.29, 0.717) is 12.2 Å². The number of likely N-dealkylation sites (N-methyl/N-ethyl adjacent to an activating group) is 1. The third-order valence-corrected chi connectivity index (χ3v) is 2.69. The van der Waals surface area contributed by atoms with Gasteiger partial charge >= 0.3 is 6.18 Å². The van der Waals surface area contributed by atoms with Gasteiger partial charge in [0.2, 0.25) is 0 Å². The summed E-state index contributed by atoms with van der Waals surface area (Å²) in [5.74, 6) is 0.524. The van der Waals surface area contributed by atoms with Crippen LogP contribution in [0.25, 0.3) is 5.65 Å². The van der Waals surface area contributed by atoms with Crippen LogP contribution < -0.4 is 5.32 Å². The standard InChI is InChI=1S/C11H13F3N4/c1-7(15-2)5-9-16-10-6-8(11(12,13)14)3-4-18(10)17-9/h3-4,6-7,15H,5H2,1-2H3. The molecule has 0 radical (unpaired) electrons. The first-order valence-corrected chi connectivity index (χ1v) is 5.50. The minimum Gasteiger partial charge on any atom is -0.317 e. The van der Waals surface area contributed by atoms with Gasteiger partial charge in [0, 0.05) is 18.7 Å². The Bertz CT molecular complexity index is 547. The first-order valence-electron chi connectivity index (χ1n) is 5.50. The molecule has 18 heavy (non-hydrogen) atoms. The zero-order chi connectivity index (χ0) is 13.3. The zero-order valence-corrected chi connectivity index (χ0v) is 9.99. The van der Waals surface area contributed by atoms with Gasteiger partial charge in [-0.3, -0.25) is 0 Å². The van der Waals surface area contributed by atoms with Gasteiger partial charge in [-0.25, -0.2) is 9.50 Å². The molecule has 4 nitrogen and oxygen atoms in total. The van der Waals surface area contributed by atoms with Gasteiger partial charge in [0.25, 0.3) is 0 Å². The molecule has 2 heterocycles. The van der Waals surface area contributed by atoms with Crippen LogP contribution in [0.1, 0.15) is 18.3 Å². The number of aromatic nitrogens is 3. The van der Waals surface area contributed by atoms with Crippen LogP contribution in [0.3, 0.4) is 0 Å². The minimum atomic E-state index is -4.36. The van der Waals surface area contributed by atoms with Crippen molar-refractivity contribution in [1.29, 1.82) is 0 Å². The fraction of sp³-hybridized carbons (Fsp3) is 0.455. The number of nitrogens with zero attached hydrogens (tertiary/aromatic N) is 3. The number of halogens is 3. The van der Waals surface area contributed by atoms with Gasteiger partial charge in [-0.2, -0.15) is 18.3 Å². The van der Waals surface area contributed by atoms with E-state index in [1.54, 1.807) is 0 Å². The van der Waals surface area contributed by atoms with E-state index in [-0.39, 0.29) is 11.7 Å². The Labute approximate surface area is 102 Å². The minimum absolute atomic E-state index is 0.171. The number of alkyl halides is 3. The lowest BCUT2D eigenvalue weighted by Crippen LogP contribution is -2.24. The summed E-state index contributed by atoms with van der Waals surface area (Å²) >= 11 is 0. The number of rotatable bonds is 3. The highest BCUT2D eigenvalue weighted by Crippen LogP contribution is 2.29. The van der Waals surface area contributed by atoms with Crippen molar-refractivity contribution in [3.05, 3.63) is 29.7 Å². The summed E-state index contributed by atoms with van der Waals surface area (Å²) in [6, 6.07) is 2.16. The normalized spacial score (nSPS) is 14.1. The van der Waals surface area contributed by atoms with Crippen molar-refractivity contribution in [2.24, 2.45) is 0 Å². The van der Waals surface area contributed by atoms with E-state index in [1.165, 1.54) is 10.7 Å². The van der Waals surface area contributed by atoms with E-state index < -0.39 is 11.7 Å². The molecule has 0 fully saturated rings. The van der Waals surface area contributed by atoms with Gasteiger partial charge in [0.1, 0.15) is 0 Å². The molecule has 1 unspecified atom stereocenters. The lowest BCUT2D eigenvalue weighted by molar-refractivity contribution is -0.137. The van der Waals surface area contributed by atoms with Crippen LogP contribution in [-0.4, -0.2) is 27.7 Å². The Kier molecular flexibility index (Phi) is 3.25. The van der Waals surface area contributed by atoms with Crippen molar-refractivity contribution < 1.29 is 13.2 Å². The highest BCUT2D eigenvalue weighted by atomic mass is 19.4. The molecule has 0 aliphatic heterocycles. The summed E-state index contributed by atoms with van der Waals surface area (Å²) in [6.07, 6.45) is -2.51. The van der Waals surface area contributed by atoms with E-state index in [0.717, 1.165) is 12.1 Å². The average molecular weight is 258 g/mol. The molecule has 0 saturated carbocycles. The molecule has 98 valence electrons. The Balaban J connectivity index is 2.34. The molecule has 2 rings (SSSR count). The summed E-state index contributed by atoms with van der Waals surface area (Å²) in [6.45, 7) is 1.95. The summed E-state index contributed by atoms with van der Waals surface area (Å²) in [5, 5.41) is 7.15. The SMILES string of the molecule is CNC(C)Cc1nc2cc(C(F)(F)F)ccn2n1. The lowest BCUT2D eigenvalue weighted by atomic mass is 10.2. The Morgan fingerprint density at radius 3 is 2.78 bits per heavy atom. The van der Waals surface area contributed by atoms with Crippen LogP contribution in [0.2, 0.25) is 0 Å². The molecule has 0 saturated heterocycles. The average Bonchev–Trinajstić information content (AvgIpc) is 2.68. The van der Waals surface area contributed by atoms with Crippen molar-refractivity contribution in [3.8, 4) is 0 Å². The molecule has 0 amide bonds. The maximum atomic E-state index is 12.5. The van der Waals surface area contributed by atoms with Crippen LogP contribution in [0.4, 0.5) is 13.2 Å². The molecule has 2 aromatic rings. The molecular formula is C11H13F3N4. The van der Waals surface area contributed by atoms with Crippen molar-refractivity contribution >= 4 is 5.65 Å². The molecule has 0 bridgehead atoms.